The monoisotopic (exact) mass is 623 g/mol. The van der Waals surface area contributed by atoms with Crippen LogP contribution in [0.2, 0.25) is 10.0 Å². The van der Waals surface area contributed by atoms with Crippen LogP contribution in [0.5, 0.6) is 0 Å². The second-order valence-corrected chi connectivity index (χ2v) is 12.5. The number of thiocarbonyl (C=S) groups is 1. The van der Waals surface area contributed by atoms with E-state index in [0.717, 1.165) is 32.7 Å². The Morgan fingerprint density at radius 2 is 1.66 bits per heavy atom. The zero-order chi connectivity index (χ0) is 28.9. The third-order valence-corrected chi connectivity index (χ3v) is 9.24. The average molecular weight is 625 g/mol. The number of carbonyl (C=O) groups excluding carboxylic acids is 3. The molecule has 0 radical (unpaired) electrons. The molecule has 5 rings (SSSR count). The molecule has 0 N–H and O–H groups in total. The second-order valence-electron chi connectivity index (χ2n) is 9.80. The summed E-state index contributed by atoms with van der Waals surface area (Å²) in [6, 6.07) is 21.8. The fourth-order valence-electron chi connectivity index (χ4n) is 4.77. The van der Waals surface area contributed by atoms with Gasteiger partial charge in [-0.05, 0) is 59.7 Å². The van der Waals surface area contributed by atoms with Crippen molar-refractivity contribution in [3.05, 3.63) is 106 Å². The molecular formula is C31H27Cl2N3O3S2. The molecule has 0 spiro atoms. The summed E-state index contributed by atoms with van der Waals surface area (Å²) in [7, 11) is 0. The zero-order valence-corrected chi connectivity index (χ0v) is 25.2. The van der Waals surface area contributed by atoms with Gasteiger partial charge in [0.2, 0.25) is 11.8 Å². The fraction of sp³-hybridized carbons (Fsp3) is 0.226. The van der Waals surface area contributed by atoms with E-state index in [1.807, 2.05) is 18.2 Å². The van der Waals surface area contributed by atoms with Gasteiger partial charge in [-0.2, -0.15) is 0 Å². The molecule has 2 aliphatic heterocycles. The van der Waals surface area contributed by atoms with Crippen molar-refractivity contribution in [1.82, 2.24) is 9.80 Å². The number of allylic oxidation sites excluding steroid dienone is 1. The summed E-state index contributed by atoms with van der Waals surface area (Å²) < 4.78 is 0.644. The molecule has 210 valence electrons. The van der Waals surface area contributed by atoms with Crippen molar-refractivity contribution in [3.63, 3.8) is 0 Å². The number of anilines is 1. The van der Waals surface area contributed by atoms with Crippen LogP contribution in [0.3, 0.4) is 0 Å². The van der Waals surface area contributed by atoms with Gasteiger partial charge in [-0.1, -0.05) is 83.6 Å². The van der Waals surface area contributed by atoms with Crippen molar-refractivity contribution >= 4 is 80.9 Å². The molecule has 0 saturated carbocycles. The minimum Gasteiger partial charge on any atom is -0.355 e. The maximum atomic E-state index is 13.2. The van der Waals surface area contributed by atoms with E-state index in [2.05, 4.69) is 21.9 Å². The molecule has 0 bridgehead atoms. The zero-order valence-electron chi connectivity index (χ0n) is 22.0. The number of hydrogen-bond acceptors (Lipinski definition) is 6. The van der Waals surface area contributed by atoms with Crippen LogP contribution in [0.4, 0.5) is 5.69 Å². The molecule has 2 amide bonds. The number of nitrogens with zero attached hydrogens (tertiary/aromatic N) is 3. The highest BCUT2D eigenvalue weighted by Gasteiger charge is 2.41. The molecule has 10 heteroatoms. The molecule has 2 fully saturated rings. The number of imide groups is 1. The van der Waals surface area contributed by atoms with Crippen molar-refractivity contribution in [2.24, 2.45) is 0 Å². The molecule has 2 saturated heterocycles. The molecule has 3 aromatic carbocycles. The Labute approximate surface area is 258 Å². The topological polar surface area (TPSA) is 60.9 Å². The Morgan fingerprint density at radius 3 is 2.34 bits per heavy atom. The minimum absolute atomic E-state index is 0.0862. The Hall–Kier alpha value is -3.01. The largest absolute Gasteiger partial charge is 0.355 e. The summed E-state index contributed by atoms with van der Waals surface area (Å²) in [6.45, 7) is 4.23. The Balaban J connectivity index is 1.15. The van der Waals surface area contributed by atoms with E-state index >= 15 is 0 Å². The van der Waals surface area contributed by atoms with Gasteiger partial charge in [0.05, 0.1) is 5.69 Å². The van der Waals surface area contributed by atoms with Gasteiger partial charge in [-0.15, -0.1) is 0 Å². The molecule has 6 nitrogen and oxygen atoms in total. The van der Waals surface area contributed by atoms with E-state index in [-0.39, 0.29) is 24.0 Å². The van der Waals surface area contributed by atoms with E-state index in [0.29, 0.717) is 31.2 Å². The maximum absolute atomic E-state index is 13.2. The van der Waals surface area contributed by atoms with Crippen LogP contribution < -0.4 is 4.90 Å². The lowest BCUT2D eigenvalue weighted by molar-refractivity contribution is -0.121. The Bertz CT molecular complexity index is 1490. The molecule has 0 aromatic heterocycles. The van der Waals surface area contributed by atoms with Gasteiger partial charge in [0.15, 0.2) is 5.78 Å². The number of ketones is 1. The number of thioether (sulfide) groups is 1. The van der Waals surface area contributed by atoms with Gasteiger partial charge in [-0.25, -0.2) is 4.90 Å². The first-order chi connectivity index (χ1) is 19.8. The first-order valence-electron chi connectivity index (χ1n) is 13.1. The van der Waals surface area contributed by atoms with Crippen molar-refractivity contribution in [3.8, 4) is 0 Å². The molecule has 0 unspecified atom stereocenters. The highest BCUT2D eigenvalue weighted by atomic mass is 35.5. The van der Waals surface area contributed by atoms with Crippen LogP contribution in [0.25, 0.3) is 6.08 Å². The van der Waals surface area contributed by atoms with Crippen LogP contribution in [0.15, 0.2) is 78.9 Å². The molecule has 2 heterocycles. The molecule has 0 aliphatic carbocycles. The van der Waals surface area contributed by atoms with Crippen LogP contribution in [-0.2, 0) is 16.1 Å². The number of benzene rings is 3. The van der Waals surface area contributed by atoms with Crippen molar-refractivity contribution in [2.75, 3.05) is 31.1 Å². The number of hydrogen-bond donors (Lipinski definition) is 0. The van der Waals surface area contributed by atoms with E-state index in [1.165, 1.54) is 28.3 Å². The third kappa shape index (κ3) is 7.26. The van der Waals surface area contributed by atoms with Gasteiger partial charge in [0, 0.05) is 54.8 Å². The number of piperazine rings is 1. The van der Waals surface area contributed by atoms with Gasteiger partial charge >= 0.3 is 0 Å². The predicted octanol–water partition coefficient (Wildman–Crippen LogP) is 6.36. The maximum Gasteiger partial charge on any atom is 0.247 e. The molecular weight excluding hydrogens is 597 g/mol. The van der Waals surface area contributed by atoms with E-state index in [9.17, 15) is 14.4 Å². The smallest absolute Gasteiger partial charge is 0.247 e. The molecule has 3 aromatic rings. The summed E-state index contributed by atoms with van der Waals surface area (Å²) in [6.07, 6.45) is 3.13. The molecule has 2 aliphatic rings. The average Bonchev–Trinajstić information content (AvgIpc) is 3.25. The summed E-state index contributed by atoms with van der Waals surface area (Å²) in [4.78, 5) is 44.4. The molecule has 41 heavy (non-hydrogen) atoms. The van der Waals surface area contributed by atoms with Gasteiger partial charge in [0.25, 0.3) is 0 Å². The van der Waals surface area contributed by atoms with Gasteiger partial charge < -0.3 is 4.90 Å². The van der Waals surface area contributed by atoms with Crippen LogP contribution in [0.1, 0.15) is 27.9 Å². The van der Waals surface area contributed by atoms with Crippen LogP contribution >= 0.6 is 47.2 Å². The standard InChI is InChI=1S/C31H27Cl2N3O3S2/c32-24-10-6-22(26(33)18-24)9-13-27(37)23-7-11-25(12-8-23)36-29(38)19-28(30(36)39)41-31(40)35-16-14-34(15-17-35)20-21-4-2-1-3-5-21/h1-13,18,28H,14-17,19-20H2/b13-9+/t28-/m1/s1. The number of carbonyl (C=O) groups is 3. The number of halogens is 2. The van der Waals surface area contributed by atoms with Crippen molar-refractivity contribution in [1.29, 1.82) is 0 Å². The lowest BCUT2D eigenvalue weighted by Gasteiger charge is -2.36. The lowest BCUT2D eigenvalue weighted by atomic mass is 10.1. The van der Waals surface area contributed by atoms with E-state index in [1.54, 1.807) is 48.5 Å². The minimum atomic E-state index is -0.564. The van der Waals surface area contributed by atoms with Crippen LogP contribution in [0, 0.1) is 0 Å². The summed E-state index contributed by atoms with van der Waals surface area (Å²) >= 11 is 19.1. The van der Waals surface area contributed by atoms with Crippen molar-refractivity contribution < 1.29 is 14.4 Å². The number of rotatable bonds is 7. The SMILES string of the molecule is O=C(/C=C/c1ccc(Cl)cc1Cl)c1ccc(N2C(=O)C[C@@H](SC(=S)N3CCN(Cc4ccccc4)CC3)C2=O)cc1. The highest BCUT2D eigenvalue weighted by molar-refractivity contribution is 8.23. The number of amides is 2. The first kappa shape index (κ1) is 29.5. The lowest BCUT2D eigenvalue weighted by Crippen LogP contribution is -2.47. The van der Waals surface area contributed by atoms with Gasteiger partial charge in [0.1, 0.15) is 9.57 Å². The molecule has 1 atom stereocenters. The predicted molar refractivity (Wildman–Crippen MR) is 171 cm³/mol. The van der Waals surface area contributed by atoms with Crippen molar-refractivity contribution in [2.45, 2.75) is 18.2 Å². The Morgan fingerprint density at radius 1 is 0.951 bits per heavy atom. The third-order valence-electron chi connectivity index (χ3n) is 7.01. The second kappa shape index (κ2) is 13.3. The van der Waals surface area contributed by atoms with E-state index in [4.69, 9.17) is 35.4 Å². The summed E-state index contributed by atoms with van der Waals surface area (Å²) in [5, 5.41) is 0.394. The summed E-state index contributed by atoms with van der Waals surface area (Å²) in [5.74, 6) is -0.801. The fourth-order valence-corrected chi connectivity index (χ4v) is 6.78. The summed E-state index contributed by atoms with van der Waals surface area (Å²) in [5.41, 5.74) is 2.81. The highest BCUT2D eigenvalue weighted by Crippen LogP contribution is 2.32. The first-order valence-corrected chi connectivity index (χ1v) is 15.2. The quantitative estimate of drug-likeness (QED) is 0.131. The van der Waals surface area contributed by atoms with Crippen LogP contribution in [-0.4, -0.2) is 63.1 Å². The van der Waals surface area contributed by atoms with Gasteiger partial charge in [-0.3, -0.25) is 19.3 Å². The normalized spacial score (nSPS) is 18.0. The van der Waals surface area contributed by atoms with E-state index < -0.39 is 5.25 Å². The Kier molecular flexibility index (Phi) is 9.57.